The van der Waals surface area contributed by atoms with Gasteiger partial charge in [0, 0.05) is 36.6 Å². The van der Waals surface area contributed by atoms with Crippen molar-refractivity contribution in [3.63, 3.8) is 0 Å². The van der Waals surface area contributed by atoms with Crippen LogP contribution in [0.4, 0.5) is 0 Å². The molecule has 1 saturated heterocycles. The van der Waals surface area contributed by atoms with Crippen LogP contribution in [0.25, 0.3) is 10.9 Å². The zero-order valence-electron chi connectivity index (χ0n) is 15.7. The molecule has 2 aromatic heterocycles. The van der Waals surface area contributed by atoms with Gasteiger partial charge in [0.2, 0.25) is 0 Å². The van der Waals surface area contributed by atoms with Crippen molar-refractivity contribution in [2.45, 2.75) is 32.4 Å². The molecule has 0 bridgehead atoms. The van der Waals surface area contributed by atoms with E-state index in [2.05, 4.69) is 15.0 Å². The van der Waals surface area contributed by atoms with Crippen LogP contribution in [0.15, 0.2) is 47.7 Å². The van der Waals surface area contributed by atoms with E-state index >= 15 is 0 Å². The number of aromatic nitrogens is 3. The van der Waals surface area contributed by atoms with Crippen molar-refractivity contribution in [3.8, 4) is 0 Å². The van der Waals surface area contributed by atoms with Crippen molar-refractivity contribution < 1.29 is 9.53 Å². The van der Waals surface area contributed by atoms with Gasteiger partial charge in [-0.15, -0.1) is 0 Å². The lowest BCUT2D eigenvalue weighted by atomic mass is 10.1. The predicted octanol–water partition coefficient (Wildman–Crippen LogP) is 2.45. The maximum Gasteiger partial charge on any atom is 0.274 e. The fraction of sp³-hybridized carbons (Fsp3) is 0.333. The van der Waals surface area contributed by atoms with Crippen LogP contribution in [0.2, 0.25) is 0 Å². The second-order valence-electron chi connectivity index (χ2n) is 7.13. The number of aromatic amines is 1. The lowest BCUT2D eigenvalue weighted by Crippen LogP contribution is -2.38. The summed E-state index contributed by atoms with van der Waals surface area (Å²) in [5.41, 5.74) is 2.49. The van der Waals surface area contributed by atoms with Gasteiger partial charge in [0.1, 0.15) is 5.69 Å². The largest absolute Gasteiger partial charge is 0.376 e. The van der Waals surface area contributed by atoms with Crippen molar-refractivity contribution in [1.29, 1.82) is 0 Å². The normalized spacial score (nSPS) is 16.4. The third-order valence-corrected chi connectivity index (χ3v) is 4.96. The summed E-state index contributed by atoms with van der Waals surface area (Å²) in [5.74, 6) is -0.257. The standard InChI is InChI=1S/C21H22N4O3/c1-14-4-5-18-15(9-14)10-16(20(26)24-18)12-25(13-17-3-2-8-28-17)21(27)19-11-22-6-7-23-19/h4-7,9-11,17H,2-3,8,12-13H2,1H3,(H,24,26)/t17-/m0/s1. The monoisotopic (exact) mass is 378 g/mol. The highest BCUT2D eigenvalue weighted by molar-refractivity contribution is 5.92. The zero-order valence-corrected chi connectivity index (χ0v) is 15.7. The van der Waals surface area contributed by atoms with E-state index in [1.807, 2.05) is 31.2 Å². The van der Waals surface area contributed by atoms with Gasteiger partial charge < -0.3 is 14.6 Å². The Hall–Kier alpha value is -3.06. The summed E-state index contributed by atoms with van der Waals surface area (Å²) >= 11 is 0. The molecule has 7 heteroatoms. The number of aryl methyl sites for hydroxylation is 1. The van der Waals surface area contributed by atoms with Gasteiger partial charge in [-0.3, -0.25) is 14.6 Å². The molecule has 144 valence electrons. The van der Waals surface area contributed by atoms with E-state index in [0.29, 0.717) is 18.7 Å². The Morgan fingerprint density at radius 1 is 1.32 bits per heavy atom. The summed E-state index contributed by atoms with van der Waals surface area (Å²) in [6.45, 7) is 3.31. The molecule has 1 aliphatic heterocycles. The Morgan fingerprint density at radius 3 is 2.96 bits per heavy atom. The maximum atomic E-state index is 13.0. The maximum absolute atomic E-state index is 13.0. The number of rotatable bonds is 5. The van der Waals surface area contributed by atoms with Gasteiger partial charge in [0.05, 0.1) is 18.8 Å². The molecule has 28 heavy (non-hydrogen) atoms. The second kappa shape index (κ2) is 7.90. The number of benzene rings is 1. The molecule has 1 aromatic carbocycles. The SMILES string of the molecule is Cc1ccc2[nH]c(=O)c(CN(C[C@@H]3CCCO3)C(=O)c3cnccn3)cc2c1. The molecule has 7 nitrogen and oxygen atoms in total. The van der Waals surface area contributed by atoms with E-state index in [9.17, 15) is 9.59 Å². The van der Waals surface area contributed by atoms with Crippen LogP contribution in [0.1, 0.15) is 34.5 Å². The van der Waals surface area contributed by atoms with Gasteiger partial charge in [-0.05, 0) is 43.4 Å². The third-order valence-electron chi connectivity index (χ3n) is 4.96. The van der Waals surface area contributed by atoms with Crippen molar-refractivity contribution in [2.75, 3.05) is 13.2 Å². The summed E-state index contributed by atoms with van der Waals surface area (Å²) in [5, 5.41) is 0.943. The summed E-state index contributed by atoms with van der Waals surface area (Å²) in [7, 11) is 0. The van der Waals surface area contributed by atoms with Gasteiger partial charge in [-0.25, -0.2) is 4.98 Å². The lowest BCUT2D eigenvalue weighted by molar-refractivity contribution is 0.0501. The molecule has 1 fully saturated rings. The van der Waals surface area contributed by atoms with E-state index in [1.165, 1.54) is 18.6 Å². The number of hydrogen-bond acceptors (Lipinski definition) is 5. The number of nitrogens with one attached hydrogen (secondary N) is 1. The van der Waals surface area contributed by atoms with E-state index in [0.717, 1.165) is 29.3 Å². The Bertz CT molecular complexity index is 1040. The molecule has 1 N–H and O–H groups in total. The predicted molar refractivity (Wildman–Crippen MR) is 105 cm³/mol. The second-order valence-corrected chi connectivity index (χ2v) is 7.13. The number of carbonyl (C=O) groups excluding carboxylic acids is 1. The number of carbonyl (C=O) groups is 1. The first kappa shape index (κ1) is 18.3. The first-order valence-electron chi connectivity index (χ1n) is 9.39. The quantitative estimate of drug-likeness (QED) is 0.737. The number of H-pyrrole nitrogens is 1. The van der Waals surface area contributed by atoms with Gasteiger partial charge in [0.15, 0.2) is 0 Å². The highest BCUT2D eigenvalue weighted by atomic mass is 16.5. The molecule has 0 unspecified atom stereocenters. The minimum Gasteiger partial charge on any atom is -0.376 e. The lowest BCUT2D eigenvalue weighted by Gasteiger charge is -2.25. The average Bonchev–Trinajstić information content (AvgIpc) is 3.21. The topological polar surface area (TPSA) is 88.2 Å². The Labute approximate surface area is 162 Å². The highest BCUT2D eigenvalue weighted by Gasteiger charge is 2.25. The molecule has 1 atom stereocenters. The molecule has 1 amide bonds. The van der Waals surface area contributed by atoms with Gasteiger partial charge in [-0.2, -0.15) is 0 Å². The minimum atomic E-state index is -0.257. The average molecular weight is 378 g/mol. The molecular formula is C21H22N4O3. The molecular weight excluding hydrogens is 356 g/mol. The van der Waals surface area contributed by atoms with Gasteiger partial charge >= 0.3 is 0 Å². The number of hydrogen-bond donors (Lipinski definition) is 1. The Balaban J connectivity index is 1.66. The fourth-order valence-corrected chi connectivity index (χ4v) is 3.52. The molecule has 0 aliphatic carbocycles. The van der Waals surface area contributed by atoms with Crippen molar-refractivity contribution in [2.24, 2.45) is 0 Å². The summed E-state index contributed by atoms with van der Waals surface area (Å²) in [6, 6.07) is 7.72. The minimum absolute atomic E-state index is 0.0256. The number of fused-ring (bicyclic) bond motifs is 1. The summed E-state index contributed by atoms with van der Waals surface area (Å²) in [4.78, 5) is 38.3. The Morgan fingerprint density at radius 2 is 2.21 bits per heavy atom. The smallest absolute Gasteiger partial charge is 0.274 e. The molecule has 3 heterocycles. The highest BCUT2D eigenvalue weighted by Crippen LogP contribution is 2.18. The van der Waals surface area contributed by atoms with E-state index in [1.54, 1.807) is 4.90 Å². The van der Waals surface area contributed by atoms with Crippen LogP contribution in [-0.2, 0) is 11.3 Å². The summed E-state index contributed by atoms with van der Waals surface area (Å²) < 4.78 is 5.71. The van der Waals surface area contributed by atoms with Crippen molar-refractivity contribution >= 4 is 16.8 Å². The van der Waals surface area contributed by atoms with Gasteiger partial charge in [-0.1, -0.05) is 11.6 Å². The van der Waals surface area contributed by atoms with E-state index in [-0.39, 0.29) is 29.8 Å². The molecule has 4 rings (SSSR count). The van der Waals surface area contributed by atoms with Gasteiger partial charge in [0.25, 0.3) is 11.5 Å². The van der Waals surface area contributed by atoms with Crippen LogP contribution in [0, 0.1) is 6.92 Å². The van der Waals surface area contributed by atoms with Crippen molar-refractivity contribution in [1.82, 2.24) is 19.9 Å². The van der Waals surface area contributed by atoms with Crippen molar-refractivity contribution in [3.05, 3.63) is 70.0 Å². The first-order chi connectivity index (χ1) is 13.6. The van der Waals surface area contributed by atoms with Crippen LogP contribution in [-0.4, -0.2) is 45.0 Å². The molecule has 0 spiro atoms. The number of nitrogens with zero attached hydrogens (tertiary/aromatic N) is 3. The van der Waals surface area contributed by atoms with Crippen LogP contribution in [0.5, 0.6) is 0 Å². The number of pyridine rings is 1. The molecule has 0 radical (unpaired) electrons. The molecule has 1 aliphatic rings. The zero-order chi connectivity index (χ0) is 19.5. The third kappa shape index (κ3) is 3.94. The van der Waals surface area contributed by atoms with Crippen LogP contribution < -0.4 is 5.56 Å². The van der Waals surface area contributed by atoms with E-state index < -0.39 is 0 Å². The number of ether oxygens (including phenoxy) is 1. The number of amides is 1. The van der Waals surface area contributed by atoms with Crippen LogP contribution >= 0.6 is 0 Å². The molecule has 3 aromatic rings. The fourth-order valence-electron chi connectivity index (χ4n) is 3.52. The van der Waals surface area contributed by atoms with Crippen LogP contribution in [0.3, 0.4) is 0 Å². The summed E-state index contributed by atoms with van der Waals surface area (Å²) in [6.07, 6.45) is 6.31. The Kier molecular flexibility index (Phi) is 5.16. The van der Waals surface area contributed by atoms with E-state index in [4.69, 9.17) is 4.74 Å². The molecule has 0 saturated carbocycles. The first-order valence-corrected chi connectivity index (χ1v) is 9.39.